The number of carboxylic acids is 1. The molecule has 0 bridgehead atoms. The molecule has 3 atom stereocenters. The van der Waals surface area contributed by atoms with Gasteiger partial charge in [0.1, 0.15) is 16.8 Å². The molecule has 2 aromatic rings. The van der Waals surface area contributed by atoms with Crippen molar-refractivity contribution < 1.29 is 27.7 Å². The van der Waals surface area contributed by atoms with Crippen molar-refractivity contribution in [3.8, 4) is 0 Å². The molecule has 17 heteroatoms. The van der Waals surface area contributed by atoms with E-state index in [1.807, 2.05) is 0 Å². The van der Waals surface area contributed by atoms with E-state index < -0.39 is 33.4 Å². The van der Waals surface area contributed by atoms with Crippen LogP contribution in [0.15, 0.2) is 29.7 Å². The number of tetrazole rings is 1. The number of anilines is 1. The van der Waals surface area contributed by atoms with Gasteiger partial charge < -0.3 is 14.9 Å². The fourth-order valence-electron chi connectivity index (χ4n) is 3.76. The van der Waals surface area contributed by atoms with E-state index in [4.69, 9.17) is 16.8 Å². The van der Waals surface area contributed by atoms with Gasteiger partial charge in [-0.1, -0.05) is 24.0 Å². The Hall–Kier alpha value is -2.34. The van der Waals surface area contributed by atoms with E-state index in [9.17, 15) is 23.1 Å². The molecule has 0 saturated carbocycles. The average molecular weight is 546 g/mol. The van der Waals surface area contributed by atoms with Gasteiger partial charge in [-0.15, -0.1) is 16.9 Å². The molecular weight excluding hydrogens is 526 g/mol. The Balaban J connectivity index is 1.50. The second-order valence-electron chi connectivity index (χ2n) is 7.76. The van der Waals surface area contributed by atoms with Crippen LogP contribution in [0.5, 0.6) is 0 Å². The van der Waals surface area contributed by atoms with Gasteiger partial charge >= 0.3 is 5.97 Å². The summed E-state index contributed by atoms with van der Waals surface area (Å²) in [6.45, 7) is 1.69. The van der Waals surface area contributed by atoms with Crippen molar-refractivity contribution in [2.24, 2.45) is 5.41 Å². The Labute approximate surface area is 208 Å². The molecule has 2 fully saturated rings. The van der Waals surface area contributed by atoms with Gasteiger partial charge in [-0.2, -0.15) is 8.42 Å². The lowest BCUT2D eigenvalue weighted by Gasteiger charge is -2.56. The summed E-state index contributed by atoms with van der Waals surface area (Å²) >= 11 is 7.68. The van der Waals surface area contributed by atoms with Crippen LogP contribution in [-0.2, 0) is 25.6 Å². The van der Waals surface area contributed by atoms with Crippen LogP contribution < -0.4 is 4.90 Å². The number of aliphatic carboxylic acids is 1. The second-order valence-corrected chi connectivity index (χ2v) is 11.8. The Morgan fingerprint density at radius 2 is 2.24 bits per heavy atom. The number of thioether (sulfide) groups is 2. The molecular formula is C17H19N7O6S4. The molecule has 4 heterocycles. The lowest BCUT2D eigenvalue weighted by atomic mass is 9.89. The summed E-state index contributed by atoms with van der Waals surface area (Å²) in [4.78, 5) is 33.3. The van der Waals surface area contributed by atoms with Crippen LogP contribution in [0.2, 0.25) is 0 Å². The van der Waals surface area contributed by atoms with Crippen molar-refractivity contribution in [2.75, 3.05) is 23.0 Å². The van der Waals surface area contributed by atoms with Gasteiger partial charge in [-0.25, -0.2) is 4.68 Å². The van der Waals surface area contributed by atoms with Crippen molar-refractivity contribution in [3.63, 3.8) is 0 Å². The Morgan fingerprint density at radius 1 is 1.47 bits per heavy atom. The Morgan fingerprint density at radius 3 is 2.85 bits per heavy atom. The number of pyridine rings is 1. The zero-order chi connectivity index (χ0) is 24.7. The molecule has 4 rings (SSSR count). The van der Waals surface area contributed by atoms with E-state index in [0.29, 0.717) is 10.7 Å². The third-order valence-electron chi connectivity index (χ3n) is 5.37. The Kier molecular flexibility index (Phi) is 6.83. The van der Waals surface area contributed by atoms with Gasteiger partial charge in [-0.05, 0) is 29.5 Å². The molecule has 2 N–H and O–H groups in total. The number of carbonyl (C=O) groups excluding carboxylic acids is 1. The molecule has 13 nitrogen and oxygen atoms in total. The second kappa shape index (κ2) is 9.37. The Bertz CT molecular complexity index is 1230. The topological polar surface area (TPSA) is 172 Å². The zero-order valence-electron chi connectivity index (χ0n) is 17.6. The van der Waals surface area contributed by atoms with Crippen LogP contribution >= 0.6 is 35.7 Å². The largest absolute Gasteiger partial charge is 0.481 e. The number of fused-ring (bicyclic) bond motifs is 1. The van der Waals surface area contributed by atoms with E-state index >= 15 is 0 Å². The quantitative estimate of drug-likeness (QED) is 0.199. The number of hydrogen-bond acceptors (Lipinski definition) is 11. The third-order valence-corrected chi connectivity index (χ3v) is 8.96. The first-order valence-corrected chi connectivity index (χ1v) is 13.8. The molecule has 2 aliphatic heterocycles. The van der Waals surface area contributed by atoms with Gasteiger partial charge in [0, 0.05) is 24.2 Å². The van der Waals surface area contributed by atoms with Crippen molar-refractivity contribution in [1.82, 2.24) is 30.1 Å². The highest BCUT2D eigenvalue weighted by atomic mass is 32.2. The maximum absolute atomic E-state index is 13.1. The SMILES string of the molecule is CC(=S)N(c1cccnc1)C1C(=O)N2CC(CSc3nnnn3CS(=O)(=O)O)(C(=O)O)CS[C@H]12. The van der Waals surface area contributed by atoms with Crippen molar-refractivity contribution in [1.29, 1.82) is 0 Å². The van der Waals surface area contributed by atoms with Crippen molar-refractivity contribution >= 4 is 68.4 Å². The zero-order valence-corrected chi connectivity index (χ0v) is 20.8. The maximum Gasteiger partial charge on any atom is 0.313 e. The monoisotopic (exact) mass is 545 g/mol. The van der Waals surface area contributed by atoms with Crippen LogP contribution in [0.3, 0.4) is 0 Å². The third kappa shape index (κ3) is 4.74. The van der Waals surface area contributed by atoms with E-state index in [1.54, 1.807) is 36.4 Å². The van der Waals surface area contributed by atoms with Gasteiger partial charge in [0.05, 0.1) is 16.9 Å². The summed E-state index contributed by atoms with van der Waals surface area (Å²) in [6, 6.07) is 2.99. The van der Waals surface area contributed by atoms with Crippen molar-refractivity contribution in [3.05, 3.63) is 24.5 Å². The van der Waals surface area contributed by atoms with Gasteiger partial charge in [-0.3, -0.25) is 19.1 Å². The first-order chi connectivity index (χ1) is 16.0. The van der Waals surface area contributed by atoms with Crippen LogP contribution in [-0.4, -0.2) is 94.5 Å². The summed E-state index contributed by atoms with van der Waals surface area (Å²) in [5.74, 6) is -1.99. The average Bonchev–Trinajstić information content (AvgIpc) is 3.21. The highest BCUT2D eigenvalue weighted by Gasteiger charge is 2.59. The molecule has 0 aromatic carbocycles. The summed E-state index contributed by atoms with van der Waals surface area (Å²) in [6.07, 6.45) is 3.24. The summed E-state index contributed by atoms with van der Waals surface area (Å²) in [5.41, 5.74) is -0.627. The van der Waals surface area contributed by atoms with E-state index in [1.165, 1.54) is 16.7 Å². The maximum atomic E-state index is 13.1. The van der Waals surface area contributed by atoms with Gasteiger partial charge in [0.25, 0.3) is 10.1 Å². The predicted molar refractivity (Wildman–Crippen MR) is 127 cm³/mol. The minimum atomic E-state index is -4.39. The molecule has 2 saturated heterocycles. The van der Waals surface area contributed by atoms with Crippen LogP contribution in [0.4, 0.5) is 5.69 Å². The summed E-state index contributed by atoms with van der Waals surface area (Å²) in [7, 11) is -4.39. The fourth-order valence-corrected chi connectivity index (χ4v) is 7.33. The molecule has 0 radical (unpaired) electrons. The molecule has 34 heavy (non-hydrogen) atoms. The minimum Gasteiger partial charge on any atom is -0.481 e. The standard InChI is InChI=1S/C17H19N7O6S4/c1-10(31)24(11-3-2-4-18-5-11)12-13(25)22-6-17(15(26)27,7-32-14(12)22)8-33-16-19-20-21-23(16)9-34(28,29)30/h2-5,12,14H,6-9H2,1H3,(H,26,27)(H,28,29,30)/t12?,14-,17?/m1/s1. The molecule has 2 aromatic heterocycles. The van der Waals surface area contributed by atoms with Gasteiger partial charge in [0.15, 0.2) is 5.88 Å². The van der Waals surface area contributed by atoms with E-state index in [2.05, 4.69) is 20.5 Å². The summed E-state index contributed by atoms with van der Waals surface area (Å²) in [5, 5.41) is 20.4. The lowest BCUT2D eigenvalue weighted by molar-refractivity contribution is -0.155. The lowest BCUT2D eigenvalue weighted by Crippen LogP contribution is -2.74. The van der Waals surface area contributed by atoms with Gasteiger partial charge in [0.2, 0.25) is 11.1 Å². The predicted octanol–water partition coefficient (Wildman–Crippen LogP) is 0.214. The van der Waals surface area contributed by atoms with Crippen LogP contribution in [0, 0.1) is 5.41 Å². The number of nitrogens with zero attached hydrogens (tertiary/aromatic N) is 7. The molecule has 2 unspecified atom stereocenters. The first kappa shape index (κ1) is 24.8. The van der Waals surface area contributed by atoms with E-state index in [-0.39, 0.29) is 34.5 Å². The molecule has 0 aliphatic carbocycles. The highest BCUT2D eigenvalue weighted by Crippen LogP contribution is 2.46. The normalized spacial score (nSPS) is 24.3. The number of amides is 1. The van der Waals surface area contributed by atoms with Crippen molar-refractivity contribution in [2.45, 2.75) is 29.4 Å². The van der Waals surface area contributed by atoms with Crippen LogP contribution in [0.1, 0.15) is 6.92 Å². The number of carboxylic acid groups (broad SMARTS) is 1. The number of thiocarbonyl (C=S) groups is 1. The smallest absolute Gasteiger partial charge is 0.313 e. The summed E-state index contributed by atoms with van der Waals surface area (Å²) < 4.78 is 32.2. The molecule has 1 amide bonds. The number of aromatic nitrogens is 5. The minimum absolute atomic E-state index is 0.0130. The number of hydrogen-bond donors (Lipinski definition) is 2. The highest BCUT2D eigenvalue weighted by molar-refractivity contribution is 8.00. The van der Waals surface area contributed by atoms with E-state index in [0.717, 1.165) is 16.4 Å². The molecule has 2 aliphatic rings. The number of carbonyl (C=O) groups is 2. The van der Waals surface area contributed by atoms with Crippen LogP contribution in [0.25, 0.3) is 0 Å². The number of rotatable bonds is 8. The molecule has 182 valence electrons. The molecule has 0 spiro atoms. The number of β-lactam (4-membered cyclic amide) rings is 1. The first-order valence-electron chi connectivity index (χ1n) is 9.72. The fraction of sp³-hybridized carbons (Fsp3) is 0.471.